The van der Waals surface area contributed by atoms with E-state index in [4.69, 9.17) is 5.73 Å². The highest BCUT2D eigenvalue weighted by Gasteiger charge is 2.28. The van der Waals surface area contributed by atoms with Crippen molar-refractivity contribution in [1.29, 1.82) is 0 Å². The van der Waals surface area contributed by atoms with Gasteiger partial charge >= 0.3 is 5.91 Å². The highest BCUT2D eigenvalue weighted by atomic mass is 16.2. The van der Waals surface area contributed by atoms with Crippen molar-refractivity contribution in [3.63, 3.8) is 0 Å². The lowest BCUT2D eigenvalue weighted by molar-refractivity contribution is -0.126. The third kappa shape index (κ3) is 2.13. The van der Waals surface area contributed by atoms with Crippen LogP contribution in [0.15, 0.2) is 12.2 Å². The van der Waals surface area contributed by atoms with E-state index in [-0.39, 0.29) is 11.9 Å². The van der Waals surface area contributed by atoms with Crippen LogP contribution in [-0.2, 0) is 4.79 Å². The molecule has 3 heteroatoms. The Balaban J connectivity index is 2.47. The van der Waals surface area contributed by atoms with Gasteiger partial charge in [0, 0.05) is 6.42 Å². The van der Waals surface area contributed by atoms with E-state index in [9.17, 15) is 4.79 Å². The van der Waals surface area contributed by atoms with E-state index in [1.165, 1.54) is 0 Å². The number of nitrogens with two attached hydrogens (primary N) is 1. The van der Waals surface area contributed by atoms with Crippen LogP contribution in [0.5, 0.6) is 0 Å². The van der Waals surface area contributed by atoms with Crippen molar-refractivity contribution < 1.29 is 4.79 Å². The standard InChI is InChI=1S/C8H14N2O/c1-7(9)8(11)10-5-3-2-4-6-10/h2-3,7H,4-6,9H2,1H3/q+1. The van der Waals surface area contributed by atoms with Gasteiger partial charge in [-0.25, -0.2) is 4.79 Å². The molecule has 0 aromatic heterocycles. The summed E-state index contributed by atoms with van der Waals surface area (Å²) in [5.74, 6) is 0.0503. The van der Waals surface area contributed by atoms with Crippen LogP contribution in [0, 0.1) is 0 Å². The first-order valence-electron chi connectivity index (χ1n) is 3.91. The Labute approximate surface area is 66.9 Å². The predicted molar refractivity (Wildman–Crippen MR) is 44.3 cm³/mol. The van der Waals surface area contributed by atoms with E-state index >= 15 is 0 Å². The molecule has 0 aromatic carbocycles. The Kier molecular flexibility index (Phi) is 2.79. The van der Waals surface area contributed by atoms with Crippen LogP contribution >= 0.6 is 0 Å². The van der Waals surface area contributed by atoms with Gasteiger partial charge in [0.15, 0.2) is 0 Å². The second-order valence-corrected chi connectivity index (χ2v) is 2.83. The maximum absolute atomic E-state index is 11.3. The van der Waals surface area contributed by atoms with Crippen LogP contribution in [0.1, 0.15) is 13.3 Å². The third-order valence-electron chi connectivity index (χ3n) is 1.76. The molecule has 0 fully saturated rings. The zero-order chi connectivity index (χ0) is 8.27. The first-order valence-corrected chi connectivity index (χ1v) is 3.91. The van der Waals surface area contributed by atoms with Gasteiger partial charge in [-0.2, -0.15) is 0 Å². The van der Waals surface area contributed by atoms with Gasteiger partial charge in [-0.1, -0.05) is 11.0 Å². The first-order chi connectivity index (χ1) is 5.22. The normalized spacial score (nSPS) is 21.6. The summed E-state index contributed by atoms with van der Waals surface area (Å²) in [6.45, 7) is 3.26. The minimum atomic E-state index is -0.360. The van der Waals surface area contributed by atoms with Gasteiger partial charge in [0.1, 0.15) is 19.1 Å². The van der Waals surface area contributed by atoms with Crippen LogP contribution in [0.3, 0.4) is 0 Å². The molecule has 1 atom stereocenters. The molecule has 1 amide bonds. The van der Waals surface area contributed by atoms with E-state index in [1.54, 1.807) is 11.8 Å². The number of rotatable bonds is 1. The number of hydrogen-bond acceptors (Lipinski definition) is 2. The fourth-order valence-electron chi connectivity index (χ4n) is 1.13. The Hall–Kier alpha value is -0.670. The molecule has 0 aliphatic carbocycles. The van der Waals surface area contributed by atoms with Gasteiger partial charge in [-0.15, -0.1) is 0 Å². The predicted octanol–water partition coefficient (Wildman–Crippen LogP) is -0.0398. The summed E-state index contributed by atoms with van der Waals surface area (Å²) < 4.78 is 0. The fourth-order valence-corrected chi connectivity index (χ4v) is 1.13. The number of nitrogens with zero attached hydrogens (tertiary/aromatic N) is 1. The maximum Gasteiger partial charge on any atom is 0.377 e. The molecule has 3 nitrogen and oxygen atoms in total. The number of carbonyl (C=O) groups excluding carboxylic acids is 1. The molecular weight excluding hydrogens is 140 g/mol. The van der Waals surface area contributed by atoms with E-state index in [2.05, 4.69) is 6.08 Å². The average Bonchev–Trinajstić information content (AvgIpc) is 2.05. The van der Waals surface area contributed by atoms with Gasteiger partial charge in [0.05, 0.1) is 0 Å². The summed E-state index contributed by atoms with van der Waals surface area (Å²) in [5, 5.41) is 0. The highest BCUT2D eigenvalue weighted by molar-refractivity contribution is 5.83. The molecule has 0 saturated heterocycles. The van der Waals surface area contributed by atoms with Crippen LogP contribution in [0.2, 0.25) is 0 Å². The number of hydrogen-bond donors (Lipinski definition) is 1. The molecule has 1 heterocycles. The molecule has 2 N–H and O–H groups in total. The van der Waals surface area contributed by atoms with Gasteiger partial charge in [0.25, 0.3) is 0 Å². The second-order valence-electron chi connectivity index (χ2n) is 2.83. The lowest BCUT2D eigenvalue weighted by Crippen LogP contribution is -2.47. The minimum absolute atomic E-state index is 0.0503. The summed E-state index contributed by atoms with van der Waals surface area (Å²) in [7, 11) is 0. The highest BCUT2D eigenvalue weighted by Crippen LogP contribution is 1.99. The Morgan fingerprint density at radius 3 is 2.82 bits per heavy atom. The molecule has 0 aromatic rings. The summed E-state index contributed by atoms with van der Waals surface area (Å²) >= 11 is 0. The molecular formula is C8H14N2O+. The molecule has 1 unspecified atom stereocenters. The summed E-state index contributed by atoms with van der Waals surface area (Å²) in [4.78, 5) is 13.0. The molecule has 1 rings (SSSR count). The molecule has 0 spiro atoms. The molecule has 1 aliphatic heterocycles. The topological polar surface area (TPSA) is 49.0 Å². The molecule has 11 heavy (non-hydrogen) atoms. The van der Waals surface area contributed by atoms with Crippen molar-refractivity contribution in [1.82, 2.24) is 4.90 Å². The van der Waals surface area contributed by atoms with Crippen molar-refractivity contribution >= 4 is 5.91 Å². The largest absolute Gasteiger partial charge is 0.377 e. The second kappa shape index (κ2) is 3.64. The molecule has 0 saturated carbocycles. The van der Waals surface area contributed by atoms with Crippen molar-refractivity contribution in [3.05, 3.63) is 12.2 Å². The smallest absolute Gasteiger partial charge is 0.317 e. The number of amides is 1. The zero-order valence-electron chi connectivity index (χ0n) is 6.79. The Morgan fingerprint density at radius 2 is 2.36 bits per heavy atom. The van der Waals surface area contributed by atoms with Crippen LogP contribution in [-0.4, -0.2) is 25.0 Å². The van der Waals surface area contributed by atoms with Crippen LogP contribution < -0.4 is 10.6 Å². The van der Waals surface area contributed by atoms with Gasteiger partial charge < -0.3 is 5.73 Å². The van der Waals surface area contributed by atoms with Crippen molar-refractivity contribution in [2.75, 3.05) is 13.1 Å². The van der Waals surface area contributed by atoms with E-state index < -0.39 is 0 Å². The quantitative estimate of drug-likeness (QED) is 0.425. The van der Waals surface area contributed by atoms with E-state index in [0.717, 1.165) is 19.5 Å². The molecule has 61 valence electrons. The molecule has 0 bridgehead atoms. The van der Waals surface area contributed by atoms with Crippen LogP contribution in [0.25, 0.3) is 0 Å². The van der Waals surface area contributed by atoms with Crippen molar-refractivity contribution in [3.8, 4) is 0 Å². The van der Waals surface area contributed by atoms with Gasteiger partial charge in [0.2, 0.25) is 0 Å². The van der Waals surface area contributed by atoms with E-state index in [0.29, 0.717) is 0 Å². The zero-order valence-corrected chi connectivity index (χ0v) is 6.79. The third-order valence-corrected chi connectivity index (χ3v) is 1.76. The summed E-state index contributed by atoms with van der Waals surface area (Å²) in [6, 6.07) is -0.360. The number of carbonyl (C=O) groups is 1. The SMILES string of the molecule is CC(N)C(=O)[N+]1CC=CCC1. The fraction of sp³-hybridized carbons (Fsp3) is 0.625. The van der Waals surface area contributed by atoms with Gasteiger partial charge in [-0.05, 0) is 13.0 Å². The summed E-state index contributed by atoms with van der Waals surface area (Å²) in [5.41, 5.74) is 5.45. The molecule has 1 radical (unpaired) electrons. The first kappa shape index (κ1) is 8.43. The Morgan fingerprint density at radius 1 is 1.64 bits per heavy atom. The average molecular weight is 154 g/mol. The monoisotopic (exact) mass is 154 g/mol. The lowest BCUT2D eigenvalue weighted by Gasteiger charge is -2.11. The minimum Gasteiger partial charge on any atom is -0.317 e. The lowest BCUT2D eigenvalue weighted by atomic mass is 10.2. The summed E-state index contributed by atoms with van der Waals surface area (Å²) in [6.07, 6.45) is 5.05. The van der Waals surface area contributed by atoms with E-state index in [1.807, 2.05) is 6.08 Å². The van der Waals surface area contributed by atoms with Crippen molar-refractivity contribution in [2.45, 2.75) is 19.4 Å². The van der Waals surface area contributed by atoms with Gasteiger partial charge in [-0.3, -0.25) is 0 Å². The van der Waals surface area contributed by atoms with Crippen LogP contribution in [0.4, 0.5) is 0 Å². The Bertz CT molecular complexity index is 175. The maximum atomic E-state index is 11.3. The molecule has 1 aliphatic rings. The van der Waals surface area contributed by atoms with Crippen molar-refractivity contribution in [2.24, 2.45) is 5.73 Å².